The fraction of sp³-hybridized carbons (Fsp3) is 0.545. The van der Waals surface area contributed by atoms with Gasteiger partial charge in [-0.05, 0) is 12.8 Å². The maximum Gasteiger partial charge on any atom is 0.358 e. The lowest BCUT2D eigenvalue weighted by Gasteiger charge is -2.23. The van der Waals surface area contributed by atoms with Crippen molar-refractivity contribution in [2.45, 2.75) is 25.4 Å². The summed E-state index contributed by atoms with van der Waals surface area (Å²) in [6, 6.07) is -0.463. The van der Waals surface area contributed by atoms with Crippen molar-refractivity contribution in [2.75, 3.05) is 13.6 Å². The second kappa shape index (κ2) is 5.68. The van der Waals surface area contributed by atoms with Crippen molar-refractivity contribution in [1.29, 1.82) is 0 Å². The lowest BCUT2D eigenvalue weighted by Crippen LogP contribution is -2.46. The Bertz CT molecular complexity index is 541. The molecule has 1 fully saturated rings. The average molecular weight is 281 g/mol. The Hall–Kier alpha value is -2.45. The van der Waals surface area contributed by atoms with Crippen LogP contribution in [-0.2, 0) is 16.1 Å². The molecule has 1 atom stereocenters. The van der Waals surface area contributed by atoms with Gasteiger partial charge >= 0.3 is 5.97 Å². The third-order valence-electron chi connectivity index (χ3n) is 3.18. The monoisotopic (exact) mass is 281 g/mol. The summed E-state index contributed by atoms with van der Waals surface area (Å²) in [7, 11) is 1.53. The van der Waals surface area contributed by atoms with Crippen LogP contribution in [0.4, 0.5) is 0 Å². The lowest BCUT2D eigenvalue weighted by atomic mass is 10.2. The Balaban J connectivity index is 2.03. The Morgan fingerprint density at radius 3 is 2.85 bits per heavy atom. The molecule has 1 aromatic heterocycles. The highest BCUT2D eigenvalue weighted by Gasteiger charge is 2.33. The zero-order chi connectivity index (χ0) is 14.7. The van der Waals surface area contributed by atoms with Gasteiger partial charge in [-0.25, -0.2) is 9.48 Å². The van der Waals surface area contributed by atoms with Gasteiger partial charge in [0.1, 0.15) is 12.6 Å². The van der Waals surface area contributed by atoms with Crippen LogP contribution >= 0.6 is 0 Å². The molecule has 0 radical (unpaired) electrons. The van der Waals surface area contributed by atoms with Crippen LogP contribution in [0.2, 0.25) is 0 Å². The van der Waals surface area contributed by atoms with E-state index >= 15 is 0 Å². The number of carboxylic acids is 1. The molecule has 2 heterocycles. The molecule has 1 unspecified atom stereocenters. The van der Waals surface area contributed by atoms with Crippen molar-refractivity contribution < 1.29 is 19.5 Å². The molecule has 9 heteroatoms. The third kappa shape index (κ3) is 2.76. The van der Waals surface area contributed by atoms with Crippen LogP contribution in [-0.4, -0.2) is 62.4 Å². The first-order chi connectivity index (χ1) is 9.52. The molecule has 108 valence electrons. The van der Waals surface area contributed by atoms with Crippen molar-refractivity contribution in [2.24, 2.45) is 0 Å². The largest absolute Gasteiger partial charge is 0.476 e. The van der Waals surface area contributed by atoms with E-state index in [4.69, 9.17) is 5.11 Å². The minimum atomic E-state index is -1.20. The van der Waals surface area contributed by atoms with Crippen molar-refractivity contribution in [3.05, 3.63) is 11.9 Å². The Morgan fingerprint density at radius 1 is 1.50 bits per heavy atom. The van der Waals surface area contributed by atoms with E-state index in [1.54, 1.807) is 0 Å². The van der Waals surface area contributed by atoms with Gasteiger partial charge in [-0.1, -0.05) is 5.21 Å². The van der Waals surface area contributed by atoms with Crippen LogP contribution in [0.3, 0.4) is 0 Å². The molecular weight excluding hydrogens is 266 g/mol. The Kier molecular flexibility index (Phi) is 3.97. The van der Waals surface area contributed by atoms with E-state index in [1.165, 1.54) is 18.1 Å². The number of carboxylic acid groups (broad SMARTS) is 1. The van der Waals surface area contributed by atoms with Gasteiger partial charge in [0.2, 0.25) is 11.8 Å². The molecule has 2 amide bonds. The predicted octanol–water partition coefficient (Wildman–Crippen LogP) is -1.29. The van der Waals surface area contributed by atoms with Crippen molar-refractivity contribution in [3.63, 3.8) is 0 Å². The summed E-state index contributed by atoms with van der Waals surface area (Å²) in [5, 5.41) is 18.3. The number of aromatic carboxylic acids is 1. The highest BCUT2D eigenvalue weighted by molar-refractivity contribution is 5.88. The van der Waals surface area contributed by atoms with Gasteiger partial charge in [0, 0.05) is 13.6 Å². The molecule has 2 rings (SSSR count). The summed E-state index contributed by atoms with van der Waals surface area (Å²) >= 11 is 0. The van der Waals surface area contributed by atoms with E-state index in [9.17, 15) is 14.4 Å². The predicted molar refractivity (Wildman–Crippen MR) is 65.8 cm³/mol. The highest BCUT2D eigenvalue weighted by atomic mass is 16.4. The molecule has 1 aromatic rings. The summed E-state index contributed by atoms with van der Waals surface area (Å²) in [4.78, 5) is 36.0. The van der Waals surface area contributed by atoms with Gasteiger partial charge in [-0.3, -0.25) is 9.59 Å². The topological polar surface area (TPSA) is 117 Å². The number of rotatable bonds is 4. The zero-order valence-electron chi connectivity index (χ0n) is 10.9. The first-order valence-corrected chi connectivity index (χ1v) is 6.17. The average Bonchev–Trinajstić information content (AvgIpc) is 3.06. The Labute approximate surface area is 114 Å². The van der Waals surface area contributed by atoms with Crippen molar-refractivity contribution in [3.8, 4) is 0 Å². The molecule has 0 aromatic carbocycles. The molecule has 2 N–H and O–H groups in total. The van der Waals surface area contributed by atoms with E-state index in [1.807, 2.05) is 0 Å². The van der Waals surface area contributed by atoms with Crippen molar-refractivity contribution >= 4 is 17.8 Å². The maximum atomic E-state index is 12.1. The van der Waals surface area contributed by atoms with Gasteiger partial charge in [0.05, 0.1) is 6.20 Å². The quantitative estimate of drug-likeness (QED) is 0.709. The van der Waals surface area contributed by atoms with Crippen molar-refractivity contribution in [1.82, 2.24) is 25.2 Å². The standard InChI is InChI=1S/C11H15N5O4/c1-12-10(18)8-3-2-4-16(8)9(17)6-15-5-7(11(19)20)13-14-15/h5,8H,2-4,6H2,1H3,(H,12,18)(H,19,20). The molecule has 0 saturated carbocycles. The fourth-order valence-electron chi connectivity index (χ4n) is 2.21. The van der Waals surface area contributed by atoms with E-state index < -0.39 is 12.0 Å². The molecule has 1 aliphatic rings. The summed E-state index contributed by atoms with van der Waals surface area (Å²) in [6.07, 6.45) is 2.58. The number of carbonyl (C=O) groups is 3. The minimum absolute atomic E-state index is 0.131. The van der Waals surface area contributed by atoms with Crippen LogP contribution < -0.4 is 5.32 Å². The maximum absolute atomic E-state index is 12.1. The number of nitrogens with zero attached hydrogens (tertiary/aromatic N) is 4. The lowest BCUT2D eigenvalue weighted by molar-refractivity contribution is -0.138. The molecule has 0 bridgehead atoms. The normalized spacial score (nSPS) is 18.1. The first-order valence-electron chi connectivity index (χ1n) is 6.17. The number of carbonyl (C=O) groups excluding carboxylic acids is 2. The molecule has 0 aliphatic carbocycles. The van der Waals surface area contributed by atoms with Crippen LogP contribution in [0.1, 0.15) is 23.3 Å². The molecule has 0 spiro atoms. The number of aromatic nitrogens is 3. The number of likely N-dealkylation sites (N-methyl/N-ethyl adjacent to an activating group) is 1. The molecule has 1 saturated heterocycles. The van der Waals surface area contributed by atoms with Gasteiger partial charge < -0.3 is 15.3 Å². The van der Waals surface area contributed by atoms with Gasteiger partial charge in [-0.15, -0.1) is 5.10 Å². The number of amides is 2. The second-order valence-electron chi connectivity index (χ2n) is 4.47. The highest BCUT2D eigenvalue weighted by Crippen LogP contribution is 2.17. The van der Waals surface area contributed by atoms with Crippen LogP contribution in [0, 0.1) is 0 Å². The van der Waals surface area contributed by atoms with Gasteiger partial charge in [-0.2, -0.15) is 0 Å². The summed E-state index contributed by atoms with van der Waals surface area (Å²) in [5.74, 6) is -1.67. The summed E-state index contributed by atoms with van der Waals surface area (Å²) < 4.78 is 1.16. The van der Waals surface area contributed by atoms with Gasteiger partial charge in [0.15, 0.2) is 5.69 Å². The number of nitrogens with one attached hydrogen (secondary N) is 1. The molecule has 9 nitrogen and oxygen atoms in total. The van der Waals surface area contributed by atoms with E-state index in [2.05, 4.69) is 15.6 Å². The molecule has 20 heavy (non-hydrogen) atoms. The van der Waals surface area contributed by atoms with Gasteiger partial charge in [0.25, 0.3) is 0 Å². The summed E-state index contributed by atoms with van der Waals surface area (Å²) in [6.45, 7) is 0.380. The molecular formula is C11H15N5O4. The first kappa shape index (κ1) is 14.0. The second-order valence-corrected chi connectivity index (χ2v) is 4.47. The SMILES string of the molecule is CNC(=O)C1CCCN1C(=O)Cn1cc(C(=O)O)nn1. The van der Waals surface area contributed by atoms with E-state index in [-0.39, 0.29) is 24.1 Å². The summed E-state index contributed by atoms with van der Waals surface area (Å²) in [5.41, 5.74) is -0.220. The Morgan fingerprint density at radius 2 is 2.25 bits per heavy atom. The fourth-order valence-corrected chi connectivity index (χ4v) is 2.21. The smallest absolute Gasteiger partial charge is 0.358 e. The number of hydrogen-bond acceptors (Lipinski definition) is 5. The molecule has 1 aliphatic heterocycles. The zero-order valence-corrected chi connectivity index (χ0v) is 10.9. The van der Waals surface area contributed by atoms with Crippen LogP contribution in [0.25, 0.3) is 0 Å². The number of likely N-dealkylation sites (tertiary alicyclic amines) is 1. The third-order valence-corrected chi connectivity index (χ3v) is 3.18. The van der Waals surface area contributed by atoms with E-state index in [0.29, 0.717) is 13.0 Å². The van der Waals surface area contributed by atoms with Crippen LogP contribution in [0.5, 0.6) is 0 Å². The van der Waals surface area contributed by atoms with Crippen LogP contribution in [0.15, 0.2) is 6.20 Å². The van der Waals surface area contributed by atoms with E-state index in [0.717, 1.165) is 11.1 Å². The minimum Gasteiger partial charge on any atom is -0.476 e. The number of hydrogen-bond donors (Lipinski definition) is 2.